The molecule has 2 unspecified atom stereocenters. The van der Waals surface area contributed by atoms with E-state index >= 15 is 0 Å². The van der Waals surface area contributed by atoms with Gasteiger partial charge in [-0.15, -0.1) is 23.1 Å². The number of rotatable bonds is 6. The molecule has 0 aromatic carbocycles. The highest BCUT2D eigenvalue weighted by Gasteiger charge is 2.33. The number of aromatic nitrogens is 1. The fourth-order valence-corrected chi connectivity index (χ4v) is 3.50. The number of amides is 1. The van der Waals surface area contributed by atoms with Gasteiger partial charge in [-0.25, -0.2) is 14.6 Å². The van der Waals surface area contributed by atoms with E-state index in [4.69, 9.17) is 10.8 Å². The number of hydrogen-bond acceptors (Lipinski definition) is 8. The Morgan fingerprint density at radius 2 is 2.22 bits per heavy atom. The van der Waals surface area contributed by atoms with Crippen LogP contribution in [-0.4, -0.2) is 50.2 Å². The lowest BCUT2D eigenvalue weighted by molar-refractivity contribution is -0.142. The van der Waals surface area contributed by atoms with Crippen molar-refractivity contribution in [2.75, 3.05) is 11.5 Å². The number of carbonyl (C=O) groups excluding carboxylic acids is 1. The molecule has 1 amide bonds. The van der Waals surface area contributed by atoms with Crippen molar-refractivity contribution in [2.24, 2.45) is 0 Å². The topological polar surface area (TPSA) is 155 Å². The number of anilines is 1. The summed E-state index contributed by atoms with van der Waals surface area (Å²) < 4.78 is 0. The van der Waals surface area contributed by atoms with E-state index in [0.717, 1.165) is 0 Å². The number of carboxylic acid groups (broad SMARTS) is 2. The van der Waals surface area contributed by atoms with E-state index in [0.29, 0.717) is 16.6 Å². The van der Waals surface area contributed by atoms with E-state index in [1.54, 1.807) is 5.38 Å². The summed E-state index contributed by atoms with van der Waals surface area (Å²) in [4.78, 5) is 38.3. The molecule has 6 N–H and O–H groups in total. The van der Waals surface area contributed by atoms with Gasteiger partial charge < -0.3 is 26.6 Å². The first kappa shape index (κ1) is 17.1. The molecule has 1 aliphatic rings. The molecule has 23 heavy (non-hydrogen) atoms. The molecule has 0 saturated carbocycles. The summed E-state index contributed by atoms with van der Waals surface area (Å²) in [6.45, 7) is 0. The summed E-state index contributed by atoms with van der Waals surface area (Å²) in [6, 6.07) is -1.27. The third-order valence-electron chi connectivity index (χ3n) is 2.89. The molecule has 1 aliphatic heterocycles. The van der Waals surface area contributed by atoms with Gasteiger partial charge in [-0.05, 0) is 6.08 Å². The van der Waals surface area contributed by atoms with Gasteiger partial charge in [0.1, 0.15) is 11.1 Å². The minimum Gasteiger partial charge on any atom is -0.480 e. The third kappa shape index (κ3) is 4.60. The standard InChI is InChI=1S/C12H14N4O5S2/c13-12-14-5(4-23-12)3-7(17)16-8(11(20)21)9-15-6(10(18)19)1-2-22-9/h1,4,8-9,15H,2-3H2,(H2,13,14)(H,16,17)(H,18,19)(H,20,21). The van der Waals surface area contributed by atoms with Crippen LogP contribution in [0, 0.1) is 0 Å². The average Bonchev–Trinajstić information content (AvgIpc) is 2.89. The first-order chi connectivity index (χ1) is 10.9. The fraction of sp³-hybridized carbons (Fsp3) is 0.333. The second kappa shape index (κ2) is 7.33. The number of thiazole rings is 1. The maximum Gasteiger partial charge on any atom is 0.351 e. The van der Waals surface area contributed by atoms with Crippen molar-refractivity contribution in [2.45, 2.75) is 17.8 Å². The van der Waals surface area contributed by atoms with E-state index in [2.05, 4.69) is 15.6 Å². The van der Waals surface area contributed by atoms with Gasteiger partial charge in [0.05, 0.1) is 12.1 Å². The van der Waals surface area contributed by atoms with Crippen LogP contribution in [0.2, 0.25) is 0 Å². The largest absolute Gasteiger partial charge is 0.480 e. The second-order valence-electron chi connectivity index (χ2n) is 4.56. The molecule has 0 fully saturated rings. The van der Waals surface area contributed by atoms with Crippen molar-refractivity contribution in [1.82, 2.24) is 15.6 Å². The lowest BCUT2D eigenvalue weighted by Crippen LogP contribution is -2.54. The van der Waals surface area contributed by atoms with Crippen LogP contribution in [0.4, 0.5) is 5.13 Å². The summed E-state index contributed by atoms with van der Waals surface area (Å²) in [5.41, 5.74) is 5.84. The van der Waals surface area contributed by atoms with Crippen molar-refractivity contribution in [3.8, 4) is 0 Å². The van der Waals surface area contributed by atoms with Crippen molar-refractivity contribution in [1.29, 1.82) is 0 Å². The normalized spacial score (nSPS) is 18.4. The van der Waals surface area contributed by atoms with Crippen LogP contribution in [-0.2, 0) is 20.8 Å². The molecule has 11 heteroatoms. The van der Waals surface area contributed by atoms with Gasteiger partial charge in [-0.2, -0.15) is 0 Å². The summed E-state index contributed by atoms with van der Waals surface area (Å²) in [6.07, 6.45) is 1.35. The molecule has 2 atom stereocenters. The zero-order valence-electron chi connectivity index (χ0n) is 11.7. The average molecular weight is 358 g/mol. The Balaban J connectivity index is 2.01. The molecule has 1 aromatic heterocycles. The minimum atomic E-state index is -1.27. The Morgan fingerprint density at radius 1 is 1.48 bits per heavy atom. The Morgan fingerprint density at radius 3 is 2.78 bits per heavy atom. The predicted octanol–water partition coefficient (Wildman–Crippen LogP) is -0.532. The number of nitrogens with zero attached hydrogens (tertiary/aromatic N) is 1. The van der Waals surface area contributed by atoms with Crippen LogP contribution in [0.1, 0.15) is 5.69 Å². The van der Waals surface area contributed by atoms with E-state index < -0.39 is 29.3 Å². The van der Waals surface area contributed by atoms with Crippen LogP contribution in [0.25, 0.3) is 0 Å². The summed E-state index contributed by atoms with van der Waals surface area (Å²) in [5.74, 6) is -2.63. The molecule has 124 valence electrons. The Hall–Kier alpha value is -2.27. The maximum atomic E-state index is 12.0. The molecule has 2 heterocycles. The fourth-order valence-electron chi connectivity index (χ4n) is 1.88. The lowest BCUT2D eigenvalue weighted by atomic mass is 10.2. The number of carboxylic acids is 2. The van der Waals surface area contributed by atoms with Gasteiger partial charge in [-0.1, -0.05) is 0 Å². The zero-order chi connectivity index (χ0) is 17.0. The van der Waals surface area contributed by atoms with Gasteiger partial charge in [0.2, 0.25) is 5.91 Å². The Labute approximate surface area is 139 Å². The maximum absolute atomic E-state index is 12.0. The Bertz CT molecular complexity index is 660. The SMILES string of the molecule is Nc1nc(CC(=O)NC(C(=O)O)C2NC(C(=O)O)=CCS2)cs1. The molecule has 9 nitrogen and oxygen atoms in total. The van der Waals surface area contributed by atoms with Crippen molar-refractivity contribution in [3.63, 3.8) is 0 Å². The lowest BCUT2D eigenvalue weighted by Gasteiger charge is -2.28. The number of carbonyl (C=O) groups is 3. The molecule has 0 radical (unpaired) electrons. The molecule has 2 rings (SSSR count). The molecule has 0 spiro atoms. The van der Waals surface area contributed by atoms with E-state index in [9.17, 15) is 19.5 Å². The molecule has 1 aromatic rings. The van der Waals surface area contributed by atoms with Gasteiger partial charge in [-0.3, -0.25) is 4.79 Å². The van der Waals surface area contributed by atoms with Gasteiger partial charge in [0, 0.05) is 11.1 Å². The summed E-state index contributed by atoms with van der Waals surface area (Å²) in [7, 11) is 0. The van der Waals surface area contributed by atoms with Gasteiger partial charge in [0.15, 0.2) is 11.2 Å². The molecule has 0 bridgehead atoms. The van der Waals surface area contributed by atoms with Crippen molar-refractivity contribution in [3.05, 3.63) is 22.8 Å². The third-order valence-corrected chi connectivity index (χ3v) is 4.72. The van der Waals surface area contributed by atoms with Crippen LogP contribution in [0.5, 0.6) is 0 Å². The van der Waals surface area contributed by atoms with Gasteiger partial charge in [0.25, 0.3) is 0 Å². The number of nitrogen functional groups attached to an aromatic ring is 1. The van der Waals surface area contributed by atoms with Crippen LogP contribution < -0.4 is 16.4 Å². The minimum absolute atomic E-state index is 0.0819. The number of hydrogen-bond donors (Lipinski definition) is 5. The van der Waals surface area contributed by atoms with Gasteiger partial charge >= 0.3 is 11.9 Å². The monoisotopic (exact) mass is 358 g/mol. The van der Waals surface area contributed by atoms with Crippen LogP contribution >= 0.6 is 23.1 Å². The number of thioether (sulfide) groups is 1. The number of aliphatic carboxylic acids is 2. The van der Waals surface area contributed by atoms with E-state index in [1.807, 2.05) is 0 Å². The first-order valence-corrected chi connectivity index (χ1v) is 8.33. The van der Waals surface area contributed by atoms with E-state index in [-0.39, 0.29) is 12.1 Å². The zero-order valence-corrected chi connectivity index (χ0v) is 13.3. The smallest absolute Gasteiger partial charge is 0.351 e. The van der Waals surface area contributed by atoms with Crippen molar-refractivity contribution >= 4 is 46.1 Å². The number of nitrogens with one attached hydrogen (secondary N) is 2. The summed E-state index contributed by atoms with van der Waals surface area (Å²) in [5, 5.41) is 24.4. The van der Waals surface area contributed by atoms with Crippen molar-refractivity contribution < 1.29 is 24.6 Å². The highest BCUT2D eigenvalue weighted by Crippen LogP contribution is 2.20. The second-order valence-corrected chi connectivity index (χ2v) is 6.62. The molecule has 0 aliphatic carbocycles. The summed E-state index contributed by atoms with van der Waals surface area (Å²) >= 11 is 2.38. The predicted molar refractivity (Wildman–Crippen MR) is 84.9 cm³/mol. The quantitative estimate of drug-likeness (QED) is 0.451. The van der Waals surface area contributed by atoms with Crippen LogP contribution in [0.3, 0.4) is 0 Å². The van der Waals surface area contributed by atoms with E-state index in [1.165, 1.54) is 29.2 Å². The number of nitrogens with two attached hydrogens (primary N) is 1. The highest BCUT2D eigenvalue weighted by atomic mass is 32.2. The molecule has 0 saturated heterocycles. The highest BCUT2D eigenvalue weighted by molar-refractivity contribution is 8.00. The molecular weight excluding hydrogens is 344 g/mol. The molecular formula is C12H14N4O5S2. The first-order valence-electron chi connectivity index (χ1n) is 6.40. The van der Waals surface area contributed by atoms with Crippen LogP contribution in [0.15, 0.2) is 17.2 Å². The Kier molecular flexibility index (Phi) is 5.45.